The summed E-state index contributed by atoms with van der Waals surface area (Å²) < 4.78 is 7.66. The van der Waals surface area contributed by atoms with E-state index < -0.39 is 0 Å². The van der Waals surface area contributed by atoms with Crippen LogP contribution in [0.3, 0.4) is 0 Å². The van der Waals surface area contributed by atoms with Gasteiger partial charge in [-0.15, -0.1) is 0 Å². The second-order valence-corrected chi connectivity index (χ2v) is 10.8. The Morgan fingerprint density at radius 3 is 2.45 bits per heavy atom. The molecule has 5 rings (SSSR count). The second kappa shape index (κ2) is 10.4. The van der Waals surface area contributed by atoms with E-state index in [1.54, 1.807) is 0 Å². The van der Waals surface area contributed by atoms with Crippen molar-refractivity contribution in [3.8, 4) is 0 Å². The van der Waals surface area contributed by atoms with Crippen LogP contribution in [0, 0.1) is 0 Å². The molecule has 0 spiro atoms. The highest BCUT2D eigenvalue weighted by atomic mass is 16.5. The quantitative estimate of drug-likeness (QED) is 0.689. The molecule has 1 atom stereocenters. The number of nitrogens with one attached hydrogen (secondary N) is 1. The van der Waals surface area contributed by atoms with E-state index in [-0.39, 0.29) is 11.4 Å². The Kier molecular flexibility index (Phi) is 7.38. The Morgan fingerprint density at radius 2 is 1.73 bits per heavy atom. The molecule has 0 radical (unpaired) electrons. The fourth-order valence-corrected chi connectivity index (χ4v) is 6.75. The monoisotopic (exact) mass is 457 g/mol. The van der Waals surface area contributed by atoms with Crippen molar-refractivity contribution in [1.82, 2.24) is 24.9 Å². The first-order chi connectivity index (χ1) is 16.2. The van der Waals surface area contributed by atoms with Gasteiger partial charge in [0.25, 0.3) is 5.91 Å². The molecule has 7 heteroatoms. The maximum absolute atomic E-state index is 13.3. The lowest BCUT2D eigenvalue weighted by molar-refractivity contribution is -0.0297. The largest absolute Gasteiger partial charge is 0.379 e. The summed E-state index contributed by atoms with van der Waals surface area (Å²) in [5.41, 5.74) is 3.46. The van der Waals surface area contributed by atoms with E-state index in [2.05, 4.69) is 10.2 Å². The smallest absolute Gasteiger partial charge is 0.274 e. The molecule has 33 heavy (non-hydrogen) atoms. The van der Waals surface area contributed by atoms with E-state index in [1.807, 2.05) is 16.6 Å². The van der Waals surface area contributed by atoms with Crippen LogP contribution in [0.2, 0.25) is 0 Å². The van der Waals surface area contributed by atoms with Gasteiger partial charge in [0, 0.05) is 62.6 Å². The number of amides is 1. The number of morpholine rings is 1. The van der Waals surface area contributed by atoms with Gasteiger partial charge in [0.15, 0.2) is 5.69 Å². The van der Waals surface area contributed by atoms with Crippen LogP contribution in [-0.2, 0) is 24.6 Å². The number of hydrogen-bond donors (Lipinski definition) is 1. The molecule has 1 aromatic rings. The van der Waals surface area contributed by atoms with Crippen molar-refractivity contribution in [3.63, 3.8) is 0 Å². The number of nitrogens with zero attached hydrogens (tertiary/aromatic N) is 4. The van der Waals surface area contributed by atoms with Gasteiger partial charge in [-0.2, -0.15) is 5.10 Å². The molecule has 3 heterocycles. The average molecular weight is 458 g/mol. The standard InChI is InChI=1S/C26H43N5O2/c1-29-23-10-9-21(19-22(23)24(28-29)25(32)30-13-7-4-8-14-30)27-20-26(11-5-2-3-6-12-26)31-15-17-33-18-16-31/h21,27H,2-20H2,1H3/t21-/m1/s1. The number of carbonyl (C=O) groups is 1. The molecule has 7 nitrogen and oxygen atoms in total. The predicted octanol–water partition coefficient (Wildman–Crippen LogP) is 2.92. The Morgan fingerprint density at radius 1 is 1.03 bits per heavy atom. The molecule has 1 N–H and O–H groups in total. The van der Waals surface area contributed by atoms with Gasteiger partial charge in [-0.3, -0.25) is 14.4 Å². The first-order valence-electron chi connectivity index (χ1n) is 13.6. The van der Waals surface area contributed by atoms with Gasteiger partial charge in [0.2, 0.25) is 0 Å². The number of aryl methyl sites for hydroxylation is 1. The number of fused-ring (bicyclic) bond motifs is 1. The normalized spacial score (nSPS) is 26.6. The lowest BCUT2D eigenvalue weighted by Crippen LogP contribution is -2.59. The van der Waals surface area contributed by atoms with Crippen LogP contribution in [0.25, 0.3) is 0 Å². The maximum Gasteiger partial charge on any atom is 0.274 e. The fourth-order valence-electron chi connectivity index (χ4n) is 6.75. The Bertz CT molecular complexity index is 802. The average Bonchev–Trinajstić information content (AvgIpc) is 3.03. The molecule has 1 amide bonds. The number of rotatable bonds is 5. The Balaban J connectivity index is 1.29. The lowest BCUT2D eigenvalue weighted by atomic mass is 9.85. The summed E-state index contributed by atoms with van der Waals surface area (Å²) in [6.45, 7) is 6.68. The highest BCUT2D eigenvalue weighted by Gasteiger charge is 2.39. The van der Waals surface area contributed by atoms with E-state index in [9.17, 15) is 4.79 Å². The van der Waals surface area contributed by atoms with Gasteiger partial charge >= 0.3 is 0 Å². The number of likely N-dealkylation sites (tertiary alicyclic amines) is 1. The Labute approximate surface area is 199 Å². The van der Waals surface area contributed by atoms with Gasteiger partial charge in [-0.05, 0) is 51.4 Å². The van der Waals surface area contributed by atoms with E-state index in [0.29, 0.717) is 6.04 Å². The van der Waals surface area contributed by atoms with Gasteiger partial charge in [-0.25, -0.2) is 0 Å². The molecule has 0 bridgehead atoms. The topological polar surface area (TPSA) is 62.6 Å². The minimum absolute atomic E-state index is 0.153. The predicted molar refractivity (Wildman–Crippen MR) is 130 cm³/mol. The summed E-state index contributed by atoms with van der Waals surface area (Å²) in [7, 11) is 2.01. The number of carbonyl (C=O) groups excluding carboxylic acids is 1. The molecule has 0 aromatic carbocycles. The van der Waals surface area contributed by atoms with Crippen molar-refractivity contribution in [2.24, 2.45) is 7.05 Å². The molecular formula is C26H43N5O2. The van der Waals surface area contributed by atoms with Crippen molar-refractivity contribution in [2.75, 3.05) is 45.9 Å². The highest BCUT2D eigenvalue weighted by Crippen LogP contribution is 2.34. The third kappa shape index (κ3) is 5.01. The van der Waals surface area contributed by atoms with Gasteiger partial charge < -0.3 is 15.0 Å². The van der Waals surface area contributed by atoms with Crippen LogP contribution < -0.4 is 5.32 Å². The molecule has 0 unspecified atom stereocenters. The van der Waals surface area contributed by atoms with E-state index in [1.165, 1.54) is 56.2 Å². The summed E-state index contributed by atoms with van der Waals surface area (Å²) >= 11 is 0. The number of aromatic nitrogens is 2. The van der Waals surface area contributed by atoms with Gasteiger partial charge in [-0.1, -0.05) is 25.7 Å². The van der Waals surface area contributed by atoms with Crippen LogP contribution >= 0.6 is 0 Å². The van der Waals surface area contributed by atoms with Crippen LogP contribution in [0.1, 0.15) is 86.0 Å². The third-order valence-electron chi connectivity index (χ3n) is 8.74. The third-order valence-corrected chi connectivity index (χ3v) is 8.74. The summed E-state index contributed by atoms with van der Waals surface area (Å²) in [5.74, 6) is 0.153. The summed E-state index contributed by atoms with van der Waals surface area (Å²) in [6.07, 6.45) is 14.6. The lowest BCUT2D eigenvalue weighted by Gasteiger charge is -2.46. The first-order valence-corrected chi connectivity index (χ1v) is 13.6. The van der Waals surface area contributed by atoms with Gasteiger partial charge in [0.05, 0.1) is 13.2 Å². The summed E-state index contributed by atoms with van der Waals surface area (Å²) in [5, 5.41) is 8.74. The first kappa shape index (κ1) is 23.3. The molecule has 1 aromatic heterocycles. The number of piperidine rings is 1. The minimum atomic E-state index is 0.153. The SMILES string of the molecule is Cn1nc(C(=O)N2CCCCC2)c2c1CC[C@@H](NCC1(N3CCOCC3)CCCCCC1)C2. The zero-order chi connectivity index (χ0) is 22.7. The fraction of sp³-hybridized carbons (Fsp3) is 0.846. The van der Waals surface area contributed by atoms with Crippen molar-refractivity contribution >= 4 is 5.91 Å². The van der Waals surface area contributed by atoms with Crippen LogP contribution in [0.5, 0.6) is 0 Å². The second-order valence-electron chi connectivity index (χ2n) is 10.8. The molecule has 2 aliphatic heterocycles. The van der Waals surface area contributed by atoms with E-state index in [4.69, 9.17) is 9.84 Å². The number of ether oxygens (including phenoxy) is 1. The molecule has 184 valence electrons. The molecular weight excluding hydrogens is 414 g/mol. The molecule has 3 fully saturated rings. The van der Waals surface area contributed by atoms with Crippen LogP contribution in [0.15, 0.2) is 0 Å². The van der Waals surface area contributed by atoms with Gasteiger partial charge in [0.1, 0.15) is 0 Å². The molecule has 2 saturated heterocycles. The van der Waals surface area contributed by atoms with Crippen molar-refractivity contribution in [1.29, 1.82) is 0 Å². The van der Waals surface area contributed by atoms with Crippen molar-refractivity contribution in [3.05, 3.63) is 17.0 Å². The van der Waals surface area contributed by atoms with Crippen molar-refractivity contribution in [2.45, 2.75) is 88.6 Å². The minimum Gasteiger partial charge on any atom is -0.379 e. The summed E-state index contributed by atoms with van der Waals surface area (Å²) in [4.78, 5) is 18.1. The van der Waals surface area contributed by atoms with E-state index >= 15 is 0 Å². The highest BCUT2D eigenvalue weighted by molar-refractivity contribution is 5.94. The molecule has 1 saturated carbocycles. The van der Waals surface area contributed by atoms with Crippen LogP contribution in [0.4, 0.5) is 0 Å². The maximum atomic E-state index is 13.3. The zero-order valence-electron chi connectivity index (χ0n) is 20.6. The van der Waals surface area contributed by atoms with E-state index in [0.717, 1.165) is 83.7 Å². The van der Waals surface area contributed by atoms with Crippen molar-refractivity contribution < 1.29 is 9.53 Å². The van der Waals surface area contributed by atoms with Crippen LogP contribution in [-0.4, -0.2) is 83.0 Å². The Hall–Kier alpha value is -1.44. The number of hydrogen-bond acceptors (Lipinski definition) is 5. The molecule has 4 aliphatic rings. The zero-order valence-corrected chi connectivity index (χ0v) is 20.6. The molecule has 2 aliphatic carbocycles. The summed E-state index contributed by atoms with van der Waals surface area (Å²) in [6, 6.07) is 0.427.